The van der Waals surface area contributed by atoms with Crippen LogP contribution in [0.2, 0.25) is 0 Å². The van der Waals surface area contributed by atoms with Crippen LogP contribution >= 0.6 is 11.8 Å². The van der Waals surface area contributed by atoms with Crippen molar-refractivity contribution in [3.05, 3.63) is 29.8 Å². The van der Waals surface area contributed by atoms with Crippen molar-refractivity contribution < 1.29 is 29.0 Å². The van der Waals surface area contributed by atoms with Crippen LogP contribution in [0.3, 0.4) is 0 Å². The van der Waals surface area contributed by atoms with Crippen molar-refractivity contribution >= 4 is 29.8 Å². The molecule has 0 bridgehead atoms. The van der Waals surface area contributed by atoms with E-state index in [1.165, 1.54) is 0 Å². The van der Waals surface area contributed by atoms with Gasteiger partial charge in [0, 0.05) is 17.4 Å². The van der Waals surface area contributed by atoms with E-state index in [4.69, 9.17) is 9.47 Å². The van der Waals surface area contributed by atoms with Crippen LogP contribution < -0.4 is 5.32 Å². The van der Waals surface area contributed by atoms with Gasteiger partial charge in [0.05, 0.1) is 11.8 Å². The van der Waals surface area contributed by atoms with Gasteiger partial charge < -0.3 is 19.9 Å². The van der Waals surface area contributed by atoms with Crippen molar-refractivity contribution in [3.8, 4) is 0 Å². The van der Waals surface area contributed by atoms with Gasteiger partial charge in [0.1, 0.15) is 0 Å². The lowest BCUT2D eigenvalue weighted by Gasteiger charge is -2.23. The molecule has 0 aliphatic rings. The van der Waals surface area contributed by atoms with E-state index < -0.39 is 30.2 Å². The van der Waals surface area contributed by atoms with Crippen LogP contribution in [-0.2, 0) is 25.5 Å². The van der Waals surface area contributed by atoms with Crippen molar-refractivity contribution in [3.63, 3.8) is 0 Å². The molecule has 0 aromatic heterocycles. The zero-order valence-corrected chi connectivity index (χ0v) is 17.7. The first-order valence-corrected chi connectivity index (χ1v) is 10.4. The number of esters is 1. The molecule has 1 aromatic carbocycles. The number of hydrogen-bond acceptors (Lipinski definition) is 6. The van der Waals surface area contributed by atoms with Crippen molar-refractivity contribution in [1.82, 2.24) is 5.32 Å². The van der Waals surface area contributed by atoms with Crippen LogP contribution in [0.4, 0.5) is 4.79 Å². The number of aliphatic carboxylic acids is 1. The Kier molecular flexibility index (Phi) is 9.85. The van der Waals surface area contributed by atoms with Crippen LogP contribution in [-0.4, -0.2) is 42.2 Å². The lowest BCUT2D eigenvalue weighted by Crippen LogP contribution is -2.39. The van der Waals surface area contributed by atoms with E-state index in [0.29, 0.717) is 0 Å². The highest BCUT2D eigenvalue weighted by atomic mass is 32.2. The predicted molar refractivity (Wildman–Crippen MR) is 107 cm³/mol. The zero-order valence-electron chi connectivity index (χ0n) is 16.9. The van der Waals surface area contributed by atoms with Gasteiger partial charge in [-0.3, -0.25) is 9.59 Å². The molecule has 0 spiro atoms. The van der Waals surface area contributed by atoms with Crippen LogP contribution in [0.15, 0.2) is 29.2 Å². The van der Waals surface area contributed by atoms with E-state index in [1.54, 1.807) is 39.5 Å². The fourth-order valence-electron chi connectivity index (χ4n) is 2.23. The Hall–Kier alpha value is -2.22. The molecule has 7 nitrogen and oxygen atoms in total. The number of carbonyl (C=O) groups is 3. The molecule has 1 amide bonds. The second-order valence-corrected chi connectivity index (χ2v) is 7.96. The molecule has 0 saturated heterocycles. The fourth-order valence-corrected chi connectivity index (χ4v) is 2.72. The van der Waals surface area contributed by atoms with Crippen molar-refractivity contribution in [2.45, 2.75) is 45.3 Å². The molecular weight excluding hydrogens is 382 g/mol. The minimum absolute atomic E-state index is 0.0966. The summed E-state index contributed by atoms with van der Waals surface area (Å²) in [5.41, 5.74) is 0.875. The molecule has 1 aromatic rings. The first-order valence-electron chi connectivity index (χ1n) is 9.14. The topological polar surface area (TPSA) is 102 Å². The summed E-state index contributed by atoms with van der Waals surface area (Å²) in [5.74, 6) is -2.87. The number of rotatable bonds is 10. The van der Waals surface area contributed by atoms with Crippen molar-refractivity contribution in [1.29, 1.82) is 0 Å². The molecule has 0 aliphatic heterocycles. The van der Waals surface area contributed by atoms with E-state index in [9.17, 15) is 19.5 Å². The summed E-state index contributed by atoms with van der Waals surface area (Å²) in [5, 5.41) is 11.9. The standard InChI is InChI=1S/C20H29NO6S/c1-12(2)18(24)26-19(13(3)4)27-20(25)21-11-15(17(22)23)9-14-7-6-8-16(10-14)28-5/h6-8,10,12-13,15,19H,9,11H2,1-5H3,(H,21,25)(H,22,23)/t15-,19+/m0/s1. The molecule has 2 N–H and O–H groups in total. The maximum Gasteiger partial charge on any atom is 0.410 e. The number of hydrogen-bond donors (Lipinski definition) is 2. The van der Waals surface area contributed by atoms with Crippen molar-refractivity contribution in [2.24, 2.45) is 17.8 Å². The number of carboxylic acid groups (broad SMARTS) is 1. The van der Waals surface area contributed by atoms with Gasteiger partial charge in [-0.05, 0) is 30.4 Å². The van der Waals surface area contributed by atoms with Gasteiger partial charge >= 0.3 is 18.0 Å². The number of ether oxygens (including phenoxy) is 2. The Morgan fingerprint density at radius 3 is 2.36 bits per heavy atom. The van der Waals surface area contributed by atoms with E-state index in [-0.39, 0.29) is 24.8 Å². The predicted octanol–water partition coefficient (Wildman–Crippen LogP) is 3.56. The van der Waals surface area contributed by atoms with Gasteiger partial charge in [0.15, 0.2) is 0 Å². The number of alkyl carbamates (subject to hydrolysis) is 1. The van der Waals surface area contributed by atoms with Gasteiger partial charge in [-0.15, -0.1) is 11.8 Å². The summed E-state index contributed by atoms with van der Waals surface area (Å²) in [6.07, 6.45) is 0.374. The molecule has 28 heavy (non-hydrogen) atoms. The first-order chi connectivity index (χ1) is 13.1. The average Bonchev–Trinajstić information content (AvgIpc) is 2.64. The van der Waals surface area contributed by atoms with Crippen LogP contribution in [0.25, 0.3) is 0 Å². The number of benzene rings is 1. The quantitative estimate of drug-likeness (QED) is 0.345. The normalized spacial score (nSPS) is 13.1. The molecule has 1 rings (SSSR count). The largest absolute Gasteiger partial charge is 0.481 e. The number of carbonyl (C=O) groups excluding carboxylic acids is 2. The third kappa shape index (κ3) is 8.21. The smallest absolute Gasteiger partial charge is 0.410 e. The number of amides is 1. The Labute approximate surface area is 170 Å². The lowest BCUT2D eigenvalue weighted by molar-refractivity contribution is -0.178. The molecule has 0 radical (unpaired) electrons. The van der Waals surface area contributed by atoms with Gasteiger partial charge in [-0.25, -0.2) is 4.79 Å². The van der Waals surface area contributed by atoms with Gasteiger partial charge in [-0.1, -0.05) is 39.8 Å². The summed E-state index contributed by atoms with van der Waals surface area (Å²) in [7, 11) is 0. The highest BCUT2D eigenvalue weighted by Crippen LogP contribution is 2.18. The zero-order chi connectivity index (χ0) is 21.3. The third-order valence-electron chi connectivity index (χ3n) is 3.93. The summed E-state index contributed by atoms with van der Waals surface area (Å²) < 4.78 is 10.3. The molecule has 0 fully saturated rings. The van der Waals surface area contributed by atoms with Gasteiger partial charge in [0.2, 0.25) is 0 Å². The Balaban J connectivity index is 2.64. The molecule has 0 unspecified atom stereocenters. The summed E-state index contributed by atoms with van der Waals surface area (Å²) in [4.78, 5) is 36.4. The van der Waals surface area contributed by atoms with Crippen LogP contribution in [0.5, 0.6) is 0 Å². The summed E-state index contributed by atoms with van der Waals surface area (Å²) >= 11 is 1.57. The fraction of sp³-hybridized carbons (Fsp3) is 0.550. The van der Waals surface area contributed by atoms with Crippen LogP contribution in [0, 0.1) is 17.8 Å². The molecule has 0 saturated carbocycles. The second-order valence-electron chi connectivity index (χ2n) is 7.08. The van der Waals surface area contributed by atoms with E-state index in [0.717, 1.165) is 10.5 Å². The molecule has 2 atom stereocenters. The SMILES string of the molecule is CSc1cccc(C[C@@H](CNC(=O)O[C@@H](OC(=O)C(C)C)C(C)C)C(=O)O)c1. The number of carboxylic acids is 1. The van der Waals surface area contributed by atoms with Gasteiger partial charge in [0.25, 0.3) is 6.29 Å². The number of thioether (sulfide) groups is 1. The second kappa shape index (κ2) is 11.6. The molecule has 8 heteroatoms. The Bertz CT molecular complexity index is 676. The maximum absolute atomic E-state index is 12.1. The minimum atomic E-state index is -1.03. The van der Waals surface area contributed by atoms with Crippen molar-refractivity contribution in [2.75, 3.05) is 12.8 Å². The highest BCUT2D eigenvalue weighted by Gasteiger charge is 2.25. The maximum atomic E-state index is 12.1. The van der Waals surface area contributed by atoms with Gasteiger partial charge in [-0.2, -0.15) is 0 Å². The summed E-state index contributed by atoms with van der Waals surface area (Å²) in [6.45, 7) is 6.78. The molecule has 156 valence electrons. The highest BCUT2D eigenvalue weighted by molar-refractivity contribution is 7.98. The monoisotopic (exact) mass is 411 g/mol. The lowest BCUT2D eigenvalue weighted by atomic mass is 9.99. The van der Waals surface area contributed by atoms with E-state index in [1.807, 2.05) is 30.5 Å². The third-order valence-corrected chi connectivity index (χ3v) is 4.65. The number of nitrogens with one attached hydrogen (secondary N) is 1. The molecule has 0 aliphatic carbocycles. The molecular formula is C20H29NO6S. The molecule has 0 heterocycles. The van der Waals surface area contributed by atoms with E-state index >= 15 is 0 Å². The Morgan fingerprint density at radius 2 is 1.82 bits per heavy atom. The minimum Gasteiger partial charge on any atom is -0.481 e. The van der Waals surface area contributed by atoms with E-state index in [2.05, 4.69) is 5.32 Å². The first kappa shape index (κ1) is 23.8. The summed E-state index contributed by atoms with van der Waals surface area (Å²) in [6, 6.07) is 7.61. The average molecular weight is 412 g/mol. The Morgan fingerprint density at radius 1 is 1.14 bits per heavy atom. The van der Waals surface area contributed by atoms with Crippen LogP contribution in [0.1, 0.15) is 33.3 Å².